The van der Waals surface area contributed by atoms with Crippen LogP contribution in [0.4, 0.5) is 4.79 Å². The van der Waals surface area contributed by atoms with Crippen LogP contribution < -0.4 is 5.73 Å². The Balaban J connectivity index is 3.57. The van der Waals surface area contributed by atoms with E-state index in [1.54, 1.807) is 0 Å². The van der Waals surface area contributed by atoms with Crippen molar-refractivity contribution in [2.45, 2.75) is 0 Å². The fraction of sp³-hybridized carbons (Fsp3) is 0. The summed E-state index contributed by atoms with van der Waals surface area (Å²) in [6, 6.07) is 0. The van der Waals surface area contributed by atoms with Crippen molar-refractivity contribution >= 4 is 16.3 Å². The molecule has 1 atom stereocenters. The quantitative estimate of drug-likeness (QED) is 0.401. The van der Waals surface area contributed by atoms with Gasteiger partial charge in [0.05, 0.1) is 0 Å². The first-order chi connectivity index (χ1) is 2.64. The summed E-state index contributed by atoms with van der Waals surface area (Å²) in [5.74, 6) is 0. The van der Waals surface area contributed by atoms with E-state index in [-0.39, 0.29) is 0 Å². The summed E-state index contributed by atoms with van der Waals surface area (Å²) in [5.41, 5.74) is 4.18. The number of amides is 1. The SMILES string of the molecule is NC(=O)S(=O)[O-]. The predicted octanol–water partition coefficient (Wildman–Crippen LogP) is -1.06. The zero-order valence-electron chi connectivity index (χ0n) is 2.71. The lowest BCUT2D eigenvalue weighted by molar-refractivity contribution is 0.264. The Bertz CT molecular complexity index is 76.8. The molecular weight excluding hydrogens is 106 g/mol. The zero-order chi connectivity index (χ0) is 5.15. The molecule has 0 heterocycles. The fourth-order valence-electron chi connectivity index (χ4n) is 0. The molecule has 6 heavy (non-hydrogen) atoms. The van der Waals surface area contributed by atoms with Gasteiger partial charge in [0.1, 0.15) is 0 Å². The maximum absolute atomic E-state index is 9.31. The highest BCUT2D eigenvalue weighted by molar-refractivity contribution is 7.95. The van der Waals surface area contributed by atoms with E-state index in [0.29, 0.717) is 0 Å². The number of carbonyl (C=O) groups is 1. The van der Waals surface area contributed by atoms with Crippen molar-refractivity contribution < 1.29 is 13.6 Å². The van der Waals surface area contributed by atoms with E-state index < -0.39 is 16.3 Å². The van der Waals surface area contributed by atoms with Crippen molar-refractivity contribution in [3.8, 4) is 0 Å². The number of hydrogen-bond donors (Lipinski definition) is 1. The van der Waals surface area contributed by atoms with Gasteiger partial charge in [-0.3, -0.25) is 9.00 Å². The summed E-state index contributed by atoms with van der Waals surface area (Å²) >= 11 is -2.73. The average molecular weight is 108 g/mol. The van der Waals surface area contributed by atoms with Crippen LogP contribution in [-0.2, 0) is 11.1 Å². The second kappa shape index (κ2) is 1.89. The highest BCUT2D eigenvalue weighted by atomic mass is 32.2. The first kappa shape index (κ1) is 5.58. The lowest BCUT2D eigenvalue weighted by Gasteiger charge is -1.92. The van der Waals surface area contributed by atoms with Gasteiger partial charge in [-0.15, -0.1) is 0 Å². The monoisotopic (exact) mass is 108 g/mol. The van der Waals surface area contributed by atoms with E-state index in [4.69, 9.17) is 0 Å². The van der Waals surface area contributed by atoms with E-state index in [1.165, 1.54) is 0 Å². The Labute approximate surface area is 36.6 Å². The van der Waals surface area contributed by atoms with Crippen LogP contribution >= 0.6 is 0 Å². The van der Waals surface area contributed by atoms with Crippen LogP contribution in [-0.4, -0.2) is 14.0 Å². The molecule has 0 aromatic rings. The van der Waals surface area contributed by atoms with E-state index in [2.05, 4.69) is 5.73 Å². The first-order valence-corrected chi connectivity index (χ1v) is 2.11. The number of rotatable bonds is 0. The average Bonchev–Trinajstić information content (AvgIpc) is 1.36. The molecule has 0 saturated carbocycles. The second-order valence-electron chi connectivity index (χ2n) is 0.554. The Hall–Kier alpha value is -0.420. The van der Waals surface area contributed by atoms with E-state index >= 15 is 0 Å². The molecule has 0 spiro atoms. The lowest BCUT2D eigenvalue weighted by Crippen LogP contribution is -2.13. The standard InChI is InChI=1S/CH3NO3S/c2-1(3)6(4)5/h(H2,2,3)(H,4,5)/p-1. The molecule has 0 radical (unpaired) electrons. The molecule has 36 valence electrons. The fourth-order valence-corrected chi connectivity index (χ4v) is 0. The molecular formula is CH2NO3S-. The minimum Gasteiger partial charge on any atom is -0.765 e. The van der Waals surface area contributed by atoms with Gasteiger partial charge in [0.2, 0.25) is 0 Å². The predicted molar refractivity (Wildman–Crippen MR) is 18.5 cm³/mol. The second-order valence-corrected chi connectivity index (χ2v) is 1.43. The molecule has 0 saturated heterocycles. The summed E-state index contributed by atoms with van der Waals surface area (Å²) in [7, 11) is 0. The summed E-state index contributed by atoms with van der Waals surface area (Å²) in [4.78, 5) is 9.31. The third-order valence-corrected chi connectivity index (χ3v) is 0.493. The maximum atomic E-state index is 9.31. The van der Waals surface area contributed by atoms with Gasteiger partial charge in [-0.05, 0) is 0 Å². The number of carbonyl (C=O) groups excluding carboxylic acids is 1. The molecule has 4 nitrogen and oxygen atoms in total. The molecule has 0 rings (SSSR count). The van der Waals surface area contributed by atoms with Crippen molar-refractivity contribution in [2.75, 3.05) is 0 Å². The third kappa shape index (κ3) is 1.86. The van der Waals surface area contributed by atoms with Crippen LogP contribution in [0.3, 0.4) is 0 Å². The maximum Gasteiger partial charge on any atom is 0.293 e. The van der Waals surface area contributed by atoms with E-state index in [0.717, 1.165) is 0 Å². The molecule has 0 bridgehead atoms. The van der Waals surface area contributed by atoms with Gasteiger partial charge in [0, 0.05) is 11.1 Å². The van der Waals surface area contributed by atoms with Crippen LogP contribution in [0.15, 0.2) is 0 Å². The molecule has 0 aliphatic rings. The summed E-state index contributed by atoms with van der Waals surface area (Å²) in [6.45, 7) is 0. The molecule has 0 aromatic carbocycles. The third-order valence-electron chi connectivity index (χ3n) is 0.164. The molecule has 1 unspecified atom stereocenters. The summed E-state index contributed by atoms with van der Waals surface area (Å²) in [5, 5.41) is -1.32. The minimum absolute atomic E-state index is 1.32. The van der Waals surface area contributed by atoms with Gasteiger partial charge < -0.3 is 10.3 Å². The number of primary amides is 1. The van der Waals surface area contributed by atoms with E-state index in [9.17, 15) is 13.6 Å². The van der Waals surface area contributed by atoms with Gasteiger partial charge in [0.15, 0.2) is 0 Å². The molecule has 0 fully saturated rings. The molecule has 1 amide bonds. The van der Waals surface area contributed by atoms with Crippen molar-refractivity contribution in [3.63, 3.8) is 0 Å². The largest absolute Gasteiger partial charge is 0.765 e. The van der Waals surface area contributed by atoms with Crippen LogP contribution in [0.5, 0.6) is 0 Å². The van der Waals surface area contributed by atoms with Crippen molar-refractivity contribution in [3.05, 3.63) is 0 Å². The molecule has 0 aliphatic carbocycles. The van der Waals surface area contributed by atoms with Crippen LogP contribution in [0.25, 0.3) is 0 Å². The Morgan fingerprint density at radius 2 is 2.00 bits per heavy atom. The topological polar surface area (TPSA) is 83.2 Å². The number of nitrogens with two attached hydrogens (primary N) is 1. The first-order valence-electron chi connectivity index (χ1n) is 1.03. The highest BCUT2D eigenvalue weighted by Crippen LogP contribution is 1.65. The summed E-state index contributed by atoms with van der Waals surface area (Å²) < 4.78 is 18.4. The van der Waals surface area contributed by atoms with Gasteiger partial charge >= 0.3 is 0 Å². The smallest absolute Gasteiger partial charge is 0.293 e. The normalized spacial score (nSPS) is 13.5. The van der Waals surface area contributed by atoms with Gasteiger partial charge in [-0.2, -0.15) is 0 Å². The molecule has 0 aromatic heterocycles. The molecule has 5 heteroatoms. The van der Waals surface area contributed by atoms with Crippen molar-refractivity contribution in [1.29, 1.82) is 0 Å². The molecule has 2 N–H and O–H groups in total. The Morgan fingerprint density at radius 3 is 2.00 bits per heavy atom. The minimum atomic E-state index is -2.73. The van der Waals surface area contributed by atoms with Gasteiger partial charge in [-0.25, -0.2) is 0 Å². The Morgan fingerprint density at radius 1 is 1.83 bits per heavy atom. The van der Waals surface area contributed by atoms with Crippen LogP contribution in [0.2, 0.25) is 0 Å². The van der Waals surface area contributed by atoms with Crippen LogP contribution in [0, 0.1) is 0 Å². The van der Waals surface area contributed by atoms with Crippen molar-refractivity contribution in [2.24, 2.45) is 5.73 Å². The van der Waals surface area contributed by atoms with Gasteiger partial charge in [0.25, 0.3) is 5.24 Å². The van der Waals surface area contributed by atoms with Crippen LogP contribution in [0.1, 0.15) is 0 Å². The highest BCUT2D eigenvalue weighted by Gasteiger charge is 1.84. The zero-order valence-corrected chi connectivity index (χ0v) is 3.53. The Kier molecular flexibility index (Phi) is 1.75. The van der Waals surface area contributed by atoms with E-state index in [1.807, 2.05) is 0 Å². The van der Waals surface area contributed by atoms with Crippen molar-refractivity contribution in [1.82, 2.24) is 0 Å². The summed E-state index contributed by atoms with van der Waals surface area (Å²) in [6.07, 6.45) is 0. The number of hydrogen-bond acceptors (Lipinski definition) is 3. The van der Waals surface area contributed by atoms with Gasteiger partial charge in [-0.1, -0.05) is 0 Å². The lowest BCUT2D eigenvalue weighted by atomic mass is 11.5. The molecule has 0 aliphatic heterocycles.